The second-order valence-electron chi connectivity index (χ2n) is 5.76. The minimum Gasteiger partial charge on any atom is -0.394 e. The van der Waals surface area contributed by atoms with Gasteiger partial charge < -0.3 is 19.9 Å². The maximum Gasteiger partial charge on any atom is 0.263 e. The first-order valence-electron chi connectivity index (χ1n) is 7.75. The average Bonchev–Trinajstić information content (AvgIpc) is 3.19. The van der Waals surface area contributed by atoms with Crippen molar-refractivity contribution in [3.63, 3.8) is 0 Å². The third kappa shape index (κ3) is 2.48. The Kier molecular flexibility index (Phi) is 3.62. The van der Waals surface area contributed by atoms with Gasteiger partial charge in [0.05, 0.1) is 18.3 Å². The molecular formula is C17H17N5O2. The van der Waals surface area contributed by atoms with Crippen LogP contribution in [0.25, 0.3) is 22.0 Å². The molecule has 0 aliphatic rings. The molecule has 0 fully saturated rings. The standard InChI is InChI=1S/C17H17N5O2/c1-10-15-16(19-9-20-17(15)24-22-10)21-12(8-23)6-11-7-18-14-5-3-2-4-13(11)14/h2-5,7,9,12,18,23H,6,8H2,1H3,(H,19,20,21)/t12-/m0/s1. The number of H-pyrrole nitrogens is 1. The second-order valence-corrected chi connectivity index (χ2v) is 5.76. The maximum absolute atomic E-state index is 9.80. The number of rotatable bonds is 5. The zero-order chi connectivity index (χ0) is 16.5. The van der Waals surface area contributed by atoms with E-state index in [9.17, 15) is 5.11 Å². The summed E-state index contributed by atoms with van der Waals surface area (Å²) >= 11 is 0. The average molecular weight is 323 g/mol. The van der Waals surface area contributed by atoms with Crippen LogP contribution in [0.5, 0.6) is 0 Å². The van der Waals surface area contributed by atoms with Crippen molar-refractivity contribution in [3.8, 4) is 0 Å². The predicted molar refractivity (Wildman–Crippen MR) is 90.8 cm³/mol. The summed E-state index contributed by atoms with van der Waals surface area (Å²) in [7, 11) is 0. The minimum absolute atomic E-state index is 0.0185. The fraction of sp³-hybridized carbons (Fsp3) is 0.235. The van der Waals surface area contributed by atoms with E-state index in [0.29, 0.717) is 18.0 Å². The smallest absolute Gasteiger partial charge is 0.263 e. The van der Waals surface area contributed by atoms with Gasteiger partial charge in [-0.1, -0.05) is 23.4 Å². The van der Waals surface area contributed by atoms with Crippen LogP contribution < -0.4 is 5.32 Å². The highest BCUT2D eigenvalue weighted by Gasteiger charge is 2.17. The van der Waals surface area contributed by atoms with Crippen LogP contribution >= 0.6 is 0 Å². The molecule has 0 unspecified atom stereocenters. The summed E-state index contributed by atoms with van der Waals surface area (Å²) in [5.74, 6) is 0.623. The molecule has 3 heterocycles. The highest BCUT2D eigenvalue weighted by atomic mass is 16.5. The Morgan fingerprint density at radius 3 is 3.04 bits per heavy atom. The summed E-state index contributed by atoms with van der Waals surface area (Å²) in [6.45, 7) is 1.82. The lowest BCUT2D eigenvalue weighted by Gasteiger charge is -2.17. The van der Waals surface area contributed by atoms with E-state index in [1.165, 1.54) is 6.33 Å². The van der Waals surface area contributed by atoms with Crippen molar-refractivity contribution in [2.75, 3.05) is 11.9 Å². The summed E-state index contributed by atoms with van der Waals surface area (Å²) in [5, 5.41) is 18.9. The molecule has 0 saturated carbocycles. The minimum atomic E-state index is -0.184. The molecule has 4 aromatic rings. The zero-order valence-electron chi connectivity index (χ0n) is 13.2. The fourth-order valence-corrected chi connectivity index (χ4v) is 2.95. The normalized spacial score (nSPS) is 12.8. The highest BCUT2D eigenvalue weighted by molar-refractivity contribution is 5.87. The molecule has 1 atom stereocenters. The molecule has 0 amide bonds. The molecule has 122 valence electrons. The molecule has 0 bridgehead atoms. The largest absolute Gasteiger partial charge is 0.394 e. The number of aliphatic hydroxyl groups excluding tert-OH is 1. The van der Waals surface area contributed by atoms with Gasteiger partial charge in [0.1, 0.15) is 17.5 Å². The lowest BCUT2D eigenvalue weighted by atomic mass is 10.1. The second kappa shape index (κ2) is 5.93. The van der Waals surface area contributed by atoms with Gasteiger partial charge in [-0.2, -0.15) is 4.98 Å². The van der Waals surface area contributed by atoms with E-state index in [4.69, 9.17) is 4.52 Å². The number of para-hydroxylation sites is 1. The van der Waals surface area contributed by atoms with Crippen molar-refractivity contribution in [3.05, 3.63) is 48.0 Å². The number of aromatic amines is 1. The summed E-state index contributed by atoms with van der Waals surface area (Å²) in [5.41, 5.74) is 3.39. The number of hydrogen-bond acceptors (Lipinski definition) is 6. The number of aromatic nitrogens is 4. The number of anilines is 1. The summed E-state index contributed by atoms with van der Waals surface area (Å²) in [6.07, 6.45) is 4.07. The van der Waals surface area contributed by atoms with Gasteiger partial charge in [-0.3, -0.25) is 0 Å². The van der Waals surface area contributed by atoms with Crippen LogP contribution in [0.4, 0.5) is 5.82 Å². The van der Waals surface area contributed by atoms with Crippen molar-refractivity contribution in [1.29, 1.82) is 0 Å². The molecule has 3 aromatic heterocycles. The van der Waals surface area contributed by atoms with Crippen molar-refractivity contribution in [2.24, 2.45) is 0 Å². The van der Waals surface area contributed by atoms with Gasteiger partial charge in [0.15, 0.2) is 0 Å². The van der Waals surface area contributed by atoms with Crippen molar-refractivity contribution >= 4 is 27.8 Å². The van der Waals surface area contributed by atoms with E-state index in [1.54, 1.807) is 0 Å². The number of aliphatic hydroxyl groups is 1. The van der Waals surface area contributed by atoms with E-state index in [0.717, 1.165) is 27.5 Å². The summed E-state index contributed by atoms with van der Waals surface area (Å²) in [6, 6.07) is 7.93. The third-order valence-electron chi connectivity index (χ3n) is 4.15. The van der Waals surface area contributed by atoms with E-state index < -0.39 is 0 Å². The van der Waals surface area contributed by atoms with Gasteiger partial charge >= 0.3 is 0 Å². The van der Waals surface area contributed by atoms with Gasteiger partial charge in [0.2, 0.25) is 0 Å². The SMILES string of the molecule is Cc1noc2ncnc(N[C@H](CO)Cc3c[nH]c4ccccc34)c12. The van der Waals surface area contributed by atoms with Crippen LogP contribution in [0.1, 0.15) is 11.3 Å². The van der Waals surface area contributed by atoms with Crippen molar-refractivity contribution in [1.82, 2.24) is 20.1 Å². The topological polar surface area (TPSA) is 99.9 Å². The number of nitrogens with zero attached hydrogens (tertiary/aromatic N) is 3. The molecular weight excluding hydrogens is 306 g/mol. The lowest BCUT2D eigenvalue weighted by Crippen LogP contribution is -2.27. The Labute approximate surface area is 137 Å². The maximum atomic E-state index is 9.80. The molecule has 7 nitrogen and oxygen atoms in total. The molecule has 1 aromatic carbocycles. The van der Waals surface area contributed by atoms with Crippen molar-refractivity contribution < 1.29 is 9.63 Å². The molecule has 0 radical (unpaired) electrons. The Morgan fingerprint density at radius 2 is 2.17 bits per heavy atom. The van der Waals surface area contributed by atoms with Crippen molar-refractivity contribution in [2.45, 2.75) is 19.4 Å². The Bertz CT molecular complexity index is 991. The first kappa shape index (κ1) is 14.6. The Balaban J connectivity index is 1.63. The molecule has 0 saturated heterocycles. The first-order chi connectivity index (χ1) is 11.8. The lowest BCUT2D eigenvalue weighted by molar-refractivity contribution is 0.274. The Morgan fingerprint density at radius 1 is 1.29 bits per heavy atom. The molecule has 0 aliphatic heterocycles. The van der Waals surface area contributed by atoms with Crippen LogP contribution in [0.15, 0.2) is 41.3 Å². The van der Waals surface area contributed by atoms with E-state index >= 15 is 0 Å². The van der Waals surface area contributed by atoms with Crippen LogP contribution in [0.2, 0.25) is 0 Å². The molecule has 7 heteroatoms. The summed E-state index contributed by atoms with van der Waals surface area (Å²) in [4.78, 5) is 11.6. The van der Waals surface area contributed by atoms with Gasteiger partial charge in [-0.25, -0.2) is 4.98 Å². The van der Waals surface area contributed by atoms with Crippen LogP contribution in [0.3, 0.4) is 0 Å². The monoisotopic (exact) mass is 323 g/mol. The van der Waals surface area contributed by atoms with Crippen LogP contribution in [0, 0.1) is 6.92 Å². The first-order valence-corrected chi connectivity index (χ1v) is 7.75. The zero-order valence-corrected chi connectivity index (χ0v) is 13.2. The Hall–Kier alpha value is -2.93. The summed E-state index contributed by atoms with van der Waals surface area (Å²) < 4.78 is 5.16. The number of aryl methyl sites for hydroxylation is 1. The molecule has 24 heavy (non-hydrogen) atoms. The van der Waals surface area contributed by atoms with E-state index in [-0.39, 0.29) is 12.6 Å². The van der Waals surface area contributed by atoms with Gasteiger partial charge in [-0.15, -0.1) is 0 Å². The predicted octanol–water partition coefficient (Wildman–Crippen LogP) is 2.42. The number of benzene rings is 1. The van der Waals surface area contributed by atoms with Crippen LogP contribution in [-0.4, -0.2) is 37.9 Å². The number of hydrogen-bond donors (Lipinski definition) is 3. The highest BCUT2D eigenvalue weighted by Crippen LogP contribution is 2.24. The third-order valence-corrected chi connectivity index (χ3v) is 4.15. The molecule has 3 N–H and O–H groups in total. The number of fused-ring (bicyclic) bond motifs is 2. The quantitative estimate of drug-likeness (QED) is 0.521. The van der Waals surface area contributed by atoms with Gasteiger partial charge in [0, 0.05) is 17.1 Å². The molecule has 0 spiro atoms. The number of nitrogens with one attached hydrogen (secondary N) is 2. The molecule has 0 aliphatic carbocycles. The van der Waals surface area contributed by atoms with Crippen LogP contribution in [-0.2, 0) is 6.42 Å². The van der Waals surface area contributed by atoms with Gasteiger partial charge in [-0.05, 0) is 25.0 Å². The van der Waals surface area contributed by atoms with Gasteiger partial charge in [0.25, 0.3) is 5.71 Å². The van der Waals surface area contributed by atoms with E-state index in [2.05, 4.69) is 31.5 Å². The fourth-order valence-electron chi connectivity index (χ4n) is 2.95. The van der Waals surface area contributed by atoms with E-state index in [1.807, 2.05) is 31.3 Å². The molecule has 4 rings (SSSR count).